The molecule has 5 rings (SSSR count). The zero-order chi connectivity index (χ0) is 22.5. The van der Waals surface area contributed by atoms with Crippen LogP contribution < -0.4 is 14.3 Å². The molecule has 1 saturated heterocycles. The maximum absolute atomic E-state index is 13.1. The average molecular weight is 514 g/mol. The number of thiazole rings is 1. The van der Waals surface area contributed by atoms with Crippen LogP contribution in [0.1, 0.15) is 19.8 Å². The summed E-state index contributed by atoms with van der Waals surface area (Å²) in [7, 11) is -3.68. The highest BCUT2D eigenvalue weighted by Crippen LogP contribution is 2.37. The monoisotopic (exact) mass is 513 g/mol. The van der Waals surface area contributed by atoms with E-state index < -0.39 is 15.9 Å². The molecule has 32 heavy (non-hydrogen) atoms. The van der Waals surface area contributed by atoms with Crippen molar-refractivity contribution in [3.05, 3.63) is 33.4 Å². The molecule has 1 amide bonds. The molecule has 1 unspecified atom stereocenters. The molecule has 1 aromatic carbocycles. The van der Waals surface area contributed by atoms with E-state index in [0.717, 1.165) is 21.6 Å². The van der Waals surface area contributed by atoms with Crippen LogP contribution in [0.5, 0.6) is 11.5 Å². The average Bonchev–Trinajstić information content (AvgIpc) is 3.50. The van der Waals surface area contributed by atoms with Gasteiger partial charge in [0.25, 0.3) is 15.9 Å². The zero-order valence-electron chi connectivity index (χ0n) is 17.1. The fourth-order valence-corrected chi connectivity index (χ4v) is 8.23. The van der Waals surface area contributed by atoms with Gasteiger partial charge in [0.1, 0.15) is 4.21 Å². The maximum atomic E-state index is 13.1. The van der Waals surface area contributed by atoms with Gasteiger partial charge in [-0.15, -0.1) is 11.3 Å². The van der Waals surface area contributed by atoms with Gasteiger partial charge in [0.15, 0.2) is 16.3 Å². The number of sulfonamides is 1. The molecule has 0 spiro atoms. The molecule has 2 aliphatic rings. The van der Waals surface area contributed by atoms with Gasteiger partial charge in [0, 0.05) is 31.8 Å². The van der Waals surface area contributed by atoms with Crippen molar-refractivity contribution in [1.29, 1.82) is 0 Å². The Bertz CT molecular complexity index is 1370. The lowest BCUT2D eigenvalue weighted by Gasteiger charge is -2.29. The van der Waals surface area contributed by atoms with Crippen LogP contribution in [0.15, 0.2) is 33.5 Å². The van der Waals surface area contributed by atoms with Crippen molar-refractivity contribution in [1.82, 2.24) is 8.87 Å². The number of halogens is 1. The van der Waals surface area contributed by atoms with E-state index in [1.807, 2.05) is 23.6 Å². The molecule has 0 N–H and O–H groups in total. The number of aryl methyl sites for hydroxylation is 1. The van der Waals surface area contributed by atoms with Gasteiger partial charge in [-0.25, -0.2) is 8.42 Å². The van der Waals surface area contributed by atoms with E-state index in [0.29, 0.717) is 46.6 Å². The minimum absolute atomic E-state index is 0.118. The Labute approximate surface area is 197 Å². The van der Waals surface area contributed by atoms with E-state index in [9.17, 15) is 13.2 Å². The van der Waals surface area contributed by atoms with Gasteiger partial charge < -0.3 is 14.0 Å². The lowest BCUT2D eigenvalue weighted by molar-refractivity contribution is -0.122. The van der Waals surface area contributed by atoms with Crippen LogP contribution >= 0.6 is 34.3 Å². The summed E-state index contributed by atoms with van der Waals surface area (Å²) in [6.45, 7) is 3.32. The van der Waals surface area contributed by atoms with Crippen molar-refractivity contribution in [3.63, 3.8) is 0 Å². The second-order valence-electron chi connectivity index (χ2n) is 7.51. The highest BCUT2D eigenvalue weighted by atomic mass is 35.5. The second kappa shape index (κ2) is 8.45. The fraction of sp³-hybridized carbons (Fsp3) is 0.400. The summed E-state index contributed by atoms with van der Waals surface area (Å²) in [5, 5.41) is 0. The molecule has 2 aliphatic heterocycles. The molecule has 1 fully saturated rings. The molecule has 0 bridgehead atoms. The quantitative estimate of drug-likeness (QED) is 0.530. The number of benzene rings is 1. The molecule has 0 saturated carbocycles. The number of ether oxygens (including phenoxy) is 2. The molecule has 4 heterocycles. The highest BCUT2D eigenvalue weighted by Gasteiger charge is 2.34. The predicted molar refractivity (Wildman–Crippen MR) is 123 cm³/mol. The van der Waals surface area contributed by atoms with E-state index >= 15 is 0 Å². The Balaban J connectivity index is 1.43. The van der Waals surface area contributed by atoms with E-state index in [2.05, 4.69) is 4.99 Å². The first-order valence-electron chi connectivity index (χ1n) is 10.1. The van der Waals surface area contributed by atoms with E-state index in [4.69, 9.17) is 21.1 Å². The van der Waals surface area contributed by atoms with Crippen LogP contribution in [0.4, 0.5) is 0 Å². The first-order chi connectivity index (χ1) is 15.4. The lowest BCUT2D eigenvalue weighted by atomic mass is 9.99. The summed E-state index contributed by atoms with van der Waals surface area (Å²) in [5.74, 6) is 0.572. The van der Waals surface area contributed by atoms with Gasteiger partial charge in [-0.05, 0) is 31.9 Å². The van der Waals surface area contributed by atoms with Gasteiger partial charge in [0.2, 0.25) is 6.79 Å². The molecule has 1 atom stereocenters. The van der Waals surface area contributed by atoms with Gasteiger partial charge in [-0.1, -0.05) is 22.9 Å². The molecule has 8 nitrogen and oxygen atoms in total. The zero-order valence-corrected chi connectivity index (χ0v) is 20.3. The predicted octanol–water partition coefficient (Wildman–Crippen LogP) is 3.69. The number of nitrogens with zero attached hydrogens (tertiary/aromatic N) is 3. The molecule has 0 radical (unpaired) electrons. The van der Waals surface area contributed by atoms with Crippen LogP contribution in [0, 0.1) is 5.92 Å². The molecule has 3 aromatic rings. The summed E-state index contributed by atoms with van der Waals surface area (Å²) >= 11 is 8.35. The Kier molecular flexibility index (Phi) is 5.79. The SMILES string of the molecule is CCn1c(=NC(=O)C2CCCN(S(=O)(=O)c3ccc(Cl)s3)C2)sc2cc3c(cc21)OCO3. The Morgan fingerprint density at radius 3 is 2.75 bits per heavy atom. The summed E-state index contributed by atoms with van der Waals surface area (Å²) in [6.07, 6.45) is 1.21. The summed E-state index contributed by atoms with van der Waals surface area (Å²) in [4.78, 5) is 18.1. The largest absolute Gasteiger partial charge is 0.454 e. The number of aromatic nitrogens is 1. The van der Waals surface area contributed by atoms with Crippen LogP contribution in [0.3, 0.4) is 0 Å². The first-order valence-corrected chi connectivity index (χ1v) is 13.6. The number of amides is 1. The minimum atomic E-state index is -3.68. The summed E-state index contributed by atoms with van der Waals surface area (Å²) in [5.41, 5.74) is 0.927. The van der Waals surface area contributed by atoms with Gasteiger partial charge in [-0.2, -0.15) is 9.30 Å². The van der Waals surface area contributed by atoms with Crippen molar-refractivity contribution in [3.8, 4) is 11.5 Å². The van der Waals surface area contributed by atoms with Crippen molar-refractivity contribution in [2.75, 3.05) is 19.9 Å². The third-order valence-electron chi connectivity index (χ3n) is 5.58. The lowest BCUT2D eigenvalue weighted by Crippen LogP contribution is -2.42. The molecule has 0 aliphatic carbocycles. The minimum Gasteiger partial charge on any atom is -0.454 e. The number of fused-ring (bicyclic) bond motifs is 2. The normalized spacial score (nSPS) is 19.7. The smallest absolute Gasteiger partial charge is 0.252 e. The summed E-state index contributed by atoms with van der Waals surface area (Å²) < 4.78 is 41.7. The van der Waals surface area contributed by atoms with Gasteiger partial charge >= 0.3 is 0 Å². The van der Waals surface area contributed by atoms with Crippen molar-refractivity contribution < 1.29 is 22.7 Å². The van der Waals surface area contributed by atoms with E-state index in [1.165, 1.54) is 21.7 Å². The second-order valence-corrected chi connectivity index (χ2v) is 12.4. The number of carbonyl (C=O) groups excluding carboxylic acids is 1. The Morgan fingerprint density at radius 1 is 1.25 bits per heavy atom. The topological polar surface area (TPSA) is 90.2 Å². The number of hydrogen-bond donors (Lipinski definition) is 0. The Hall–Kier alpha value is -1.92. The first kappa shape index (κ1) is 21.9. The fourth-order valence-electron chi connectivity index (χ4n) is 3.96. The maximum Gasteiger partial charge on any atom is 0.252 e. The highest BCUT2D eigenvalue weighted by molar-refractivity contribution is 7.91. The molecule has 170 valence electrons. The van der Waals surface area contributed by atoms with Crippen LogP contribution in [-0.4, -0.2) is 43.1 Å². The number of carbonyl (C=O) groups is 1. The number of rotatable bonds is 4. The molecule has 12 heteroatoms. The van der Waals surface area contributed by atoms with Crippen LogP contribution in [-0.2, 0) is 21.4 Å². The molecule has 2 aromatic heterocycles. The van der Waals surface area contributed by atoms with Gasteiger partial charge in [0.05, 0.1) is 20.5 Å². The van der Waals surface area contributed by atoms with Crippen LogP contribution in [0.2, 0.25) is 4.34 Å². The van der Waals surface area contributed by atoms with Crippen molar-refractivity contribution in [2.24, 2.45) is 10.9 Å². The molecular weight excluding hydrogens is 494 g/mol. The number of piperidine rings is 1. The number of thiophene rings is 1. The third kappa shape index (κ3) is 3.86. The standard InChI is InChI=1S/C20H20ClN3O5S3/c1-2-24-13-8-14-15(29-11-28-14)9-16(13)30-20(24)22-19(25)12-4-3-7-23(10-12)32(26,27)18-6-5-17(21)31-18/h5-6,8-9,12H,2-4,7,10-11H2,1H3. The van der Waals surface area contributed by atoms with E-state index in [1.54, 1.807) is 6.07 Å². The number of hydrogen-bond acceptors (Lipinski definition) is 7. The van der Waals surface area contributed by atoms with E-state index in [-0.39, 0.29) is 23.5 Å². The summed E-state index contributed by atoms with van der Waals surface area (Å²) in [6, 6.07) is 6.88. The van der Waals surface area contributed by atoms with Crippen molar-refractivity contribution >= 4 is 60.4 Å². The van der Waals surface area contributed by atoms with Crippen molar-refractivity contribution in [2.45, 2.75) is 30.5 Å². The third-order valence-corrected chi connectivity index (χ3v) is 10.2. The molecular formula is C20H20ClN3O5S3. The van der Waals surface area contributed by atoms with Gasteiger partial charge in [-0.3, -0.25) is 4.79 Å². The van der Waals surface area contributed by atoms with Crippen LogP contribution in [0.25, 0.3) is 10.2 Å². The Morgan fingerprint density at radius 2 is 2.03 bits per heavy atom.